The molecule has 1 aliphatic heterocycles. The van der Waals surface area contributed by atoms with E-state index in [1.54, 1.807) is 30.4 Å². The SMILES string of the molecule is COc1ccc(N2CCN(C(=O)COC(=O)CCc3ccco3)CC2)cc1. The van der Waals surface area contributed by atoms with E-state index in [-0.39, 0.29) is 18.9 Å². The molecule has 1 fully saturated rings. The van der Waals surface area contributed by atoms with E-state index >= 15 is 0 Å². The topological polar surface area (TPSA) is 72.2 Å². The lowest BCUT2D eigenvalue weighted by atomic mass is 10.2. The van der Waals surface area contributed by atoms with Crippen LogP contribution in [0.25, 0.3) is 0 Å². The number of benzene rings is 1. The average Bonchev–Trinajstić information content (AvgIpc) is 3.24. The maximum Gasteiger partial charge on any atom is 0.306 e. The fourth-order valence-corrected chi connectivity index (χ4v) is 2.99. The second-order valence-corrected chi connectivity index (χ2v) is 6.31. The third kappa shape index (κ3) is 5.26. The van der Waals surface area contributed by atoms with E-state index in [4.69, 9.17) is 13.9 Å². The molecule has 144 valence electrons. The van der Waals surface area contributed by atoms with E-state index in [0.717, 1.165) is 30.3 Å². The van der Waals surface area contributed by atoms with Crippen LogP contribution in [0.2, 0.25) is 0 Å². The van der Waals surface area contributed by atoms with Gasteiger partial charge in [0.2, 0.25) is 0 Å². The van der Waals surface area contributed by atoms with E-state index in [2.05, 4.69) is 4.90 Å². The molecule has 27 heavy (non-hydrogen) atoms. The van der Waals surface area contributed by atoms with Gasteiger partial charge in [-0.15, -0.1) is 0 Å². The zero-order valence-electron chi connectivity index (χ0n) is 15.4. The molecule has 2 aromatic rings. The molecule has 0 saturated carbocycles. The molecule has 0 spiro atoms. The van der Waals surface area contributed by atoms with Crippen LogP contribution in [0.3, 0.4) is 0 Å². The van der Waals surface area contributed by atoms with Gasteiger partial charge in [0.1, 0.15) is 11.5 Å². The Labute approximate surface area is 158 Å². The molecule has 0 unspecified atom stereocenters. The lowest BCUT2D eigenvalue weighted by Gasteiger charge is -2.36. The second kappa shape index (κ2) is 9.12. The molecule has 1 aromatic heterocycles. The van der Waals surface area contributed by atoms with Gasteiger partial charge in [0.05, 0.1) is 19.8 Å². The van der Waals surface area contributed by atoms with E-state index in [0.29, 0.717) is 19.5 Å². The Hall–Kier alpha value is -2.96. The number of carbonyl (C=O) groups is 2. The summed E-state index contributed by atoms with van der Waals surface area (Å²) in [7, 11) is 1.64. The van der Waals surface area contributed by atoms with Crippen LogP contribution in [0.4, 0.5) is 5.69 Å². The lowest BCUT2D eigenvalue weighted by molar-refractivity contribution is -0.152. The molecular weight excluding hydrogens is 348 g/mol. The van der Waals surface area contributed by atoms with Crippen molar-refractivity contribution in [3.63, 3.8) is 0 Å². The number of piperazine rings is 1. The molecule has 1 saturated heterocycles. The first-order chi connectivity index (χ1) is 13.2. The molecule has 1 amide bonds. The number of nitrogens with zero attached hydrogens (tertiary/aromatic N) is 2. The monoisotopic (exact) mass is 372 g/mol. The van der Waals surface area contributed by atoms with E-state index in [9.17, 15) is 9.59 Å². The Morgan fingerprint density at radius 1 is 1.07 bits per heavy atom. The Bertz CT molecular complexity index is 734. The average molecular weight is 372 g/mol. The number of furan rings is 1. The van der Waals surface area contributed by atoms with Crippen LogP contribution in [-0.4, -0.2) is 56.7 Å². The minimum Gasteiger partial charge on any atom is -0.497 e. The van der Waals surface area contributed by atoms with Gasteiger partial charge in [-0.05, 0) is 36.4 Å². The summed E-state index contributed by atoms with van der Waals surface area (Å²) in [5.74, 6) is 1.00. The fraction of sp³-hybridized carbons (Fsp3) is 0.400. The van der Waals surface area contributed by atoms with Gasteiger partial charge in [0, 0.05) is 38.3 Å². The number of carbonyl (C=O) groups excluding carboxylic acids is 2. The summed E-state index contributed by atoms with van der Waals surface area (Å²) in [6, 6.07) is 11.5. The first-order valence-corrected chi connectivity index (χ1v) is 9.00. The maximum absolute atomic E-state index is 12.3. The van der Waals surface area contributed by atoms with Gasteiger partial charge in [0.25, 0.3) is 5.91 Å². The molecule has 0 N–H and O–H groups in total. The molecule has 1 aromatic carbocycles. The molecule has 0 atom stereocenters. The van der Waals surface area contributed by atoms with Crippen molar-refractivity contribution in [1.29, 1.82) is 0 Å². The first kappa shape index (κ1) is 18.8. The number of rotatable bonds is 7. The van der Waals surface area contributed by atoms with Crippen molar-refractivity contribution in [2.75, 3.05) is 44.8 Å². The summed E-state index contributed by atoms with van der Waals surface area (Å²) in [5, 5.41) is 0. The zero-order valence-corrected chi connectivity index (χ0v) is 15.4. The molecule has 7 nitrogen and oxygen atoms in total. The van der Waals surface area contributed by atoms with Gasteiger partial charge in [-0.25, -0.2) is 0 Å². The second-order valence-electron chi connectivity index (χ2n) is 6.31. The number of anilines is 1. The van der Waals surface area contributed by atoms with Crippen molar-refractivity contribution in [3.8, 4) is 5.75 Å². The van der Waals surface area contributed by atoms with Crippen molar-refractivity contribution in [3.05, 3.63) is 48.4 Å². The normalized spacial score (nSPS) is 14.1. The quantitative estimate of drug-likeness (QED) is 0.693. The summed E-state index contributed by atoms with van der Waals surface area (Å²) >= 11 is 0. The molecule has 0 bridgehead atoms. The molecule has 2 heterocycles. The third-order valence-electron chi connectivity index (χ3n) is 4.58. The summed E-state index contributed by atoms with van der Waals surface area (Å²) < 4.78 is 15.4. The van der Waals surface area contributed by atoms with Gasteiger partial charge < -0.3 is 23.7 Å². The van der Waals surface area contributed by atoms with Crippen LogP contribution in [0.1, 0.15) is 12.2 Å². The van der Waals surface area contributed by atoms with E-state index in [1.165, 1.54) is 0 Å². The molecule has 0 radical (unpaired) electrons. The van der Waals surface area contributed by atoms with Crippen molar-refractivity contribution < 1.29 is 23.5 Å². The number of hydrogen-bond donors (Lipinski definition) is 0. The summed E-state index contributed by atoms with van der Waals surface area (Å²) in [6.45, 7) is 2.48. The van der Waals surface area contributed by atoms with Gasteiger partial charge in [-0.1, -0.05) is 0 Å². The number of amides is 1. The fourth-order valence-electron chi connectivity index (χ4n) is 2.99. The van der Waals surface area contributed by atoms with Crippen LogP contribution < -0.4 is 9.64 Å². The highest BCUT2D eigenvalue weighted by atomic mass is 16.5. The Balaban J connectivity index is 1.38. The van der Waals surface area contributed by atoms with Crippen LogP contribution >= 0.6 is 0 Å². The number of methoxy groups -OCH3 is 1. The molecule has 7 heteroatoms. The smallest absolute Gasteiger partial charge is 0.306 e. The summed E-state index contributed by atoms with van der Waals surface area (Å²) in [4.78, 5) is 28.0. The Morgan fingerprint density at radius 3 is 2.44 bits per heavy atom. The summed E-state index contributed by atoms with van der Waals surface area (Å²) in [6.07, 6.45) is 2.24. The number of hydrogen-bond acceptors (Lipinski definition) is 6. The van der Waals surface area contributed by atoms with Gasteiger partial charge in [-0.3, -0.25) is 9.59 Å². The first-order valence-electron chi connectivity index (χ1n) is 9.00. The van der Waals surface area contributed by atoms with E-state index < -0.39 is 5.97 Å². The van der Waals surface area contributed by atoms with Crippen molar-refractivity contribution >= 4 is 17.6 Å². The van der Waals surface area contributed by atoms with Crippen LogP contribution in [0, 0.1) is 0 Å². The number of aryl methyl sites for hydroxylation is 1. The lowest BCUT2D eigenvalue weighted by Crippen LogP contribution is -2.49. The Kier molecular flexibility index (Phi) is 6.35. The standard InChI is InChI=1S/C20H24N2O5/c1-25-17-6-4-16(5-7-17)21-10-12-22(13-11-21)19(23)15-27-20(24)9-8-18-3-2-14-26-18/h2-7,14H,8-13,15H2,1H3. The van der Waals surface area contributed by atoms with Crippen molar-refractivity contribution in [2.24, 2.45) is 0 Å². The highest BCUT2D eigenvalue weighted by Gasteiger charge is 2.22. The number of ether oxygens (including phenoxy) is 2. The molecule has 3 rings (SSSR count). The van der Waals surface area contributed by atoms with Crippen LogP contribution in [-0.2, 0) is 20.7 Å². The Morgan fingerprint density at radius 2 is 1.81 bits per heavy atom. The minimum atomic E-state index is -0.392. The van der Waals surface area contributed by atoms with Gasteiger partial charge in [0.15, 0.2) is 6.61 Å². The molecule has 1 aliphatic rings. The third-order valence-corrected chi connectivity index (χ3v) is 4.58. The molecule has 0 aliphatic carbocycles. The summed E-state index contributed by atoms with van der Waals surface area (Å²) in [5.41, 5.74) is 1.10. The predicted octanol–water partition coefficient (Wildman–Crippen LogP) is 2.11. The van der Waals surface area contributed by atoms with Crippen LogP contribution in [0.5, 0.6) is 5.75 Å². The minimum absolute atomic E-state index is 0.157. The van der Waals surface area contributed by atoms with Crippen molar-refractivity contribution in [2.45, 2.75) is 12.8 Å². The van der Waals surface area contributed by atoms with Gasteiger partial charge in [-0.2, -0.15) is 0 Å². The highest BCUT2D eigenvalue weighted by Crippen LogP contribution is 2.20. The maximum atomic E-state index is 12.3. The zero-order chi connectivity index (χ0) is 19.1. The van der Waals surface area contributed by atoms with E-state index in [1.807, 2.05) is 24.3 Å². The van der Waals surface area contributed by atoms with Crippen LogP contribution in [0.15, 0.2) is 47.1 Å². The largest absolute Gasteiger partial charge is 0.497 e. The number of esters is 1. The highest BCUT2D eigenvalue weighted by molar-refractivity contribution is 5.81. The molecular formula is C20H24N2O5. The van der Waals surface area contributed by atoms with Crippen molar-refractivity contribution in [1.82, 2.24) is 4.90 Å². The predicted molar refractivity (Wildman–Crippen MR) is 99.8 cm³/mol. The van der Waals surface area contributed by atoms with Gasteiger partial charge >= 0.3 is 5.97 Å².